The first kappa shape index (κ1) is 13.6. The van der Waals surface area contributed by atoms with Gasteiger partial charge in [0.2, 0.25) is 0 Å². The van der Waals surface area contributed by atoms with Crippen molar-refractivity contribution >= 4 is 29.8 Å². The Morgan fingerprint density at radius 1 is 1.59 bits per heavy atom. The molecule has 1 heterocycles. The lowest BCUT2D eigenvalue weighted by molar-refractivity contribution is -0.133. The summed E-state index contributed by atoms with van der Waals surface area (Å²) >= 11 is 0.857. The minimum absolute atomic E-state index is 0.256. The summed E-state index contributed by atoms with van der Waals surface area (Å²) in [7, 11) is 0. The summed E-state index contributed by atoms with van der Waals surface area (Å²) < 4.78 is 0. The maximum Gasteiger partial charge on any atom is 0.345 e. The van der Waals surface area contributed by atoms with Gasteiger partial charge in [0.25, 0.3) is 0 Å². The fourth-order valence-electron chi connectivity index (χ4n) is 1.28. The average Bonchev–Trinajstić information content (AvgIpc) is 2.20. The Bertz CT molecular complexity index is 348. The van der Waals surface area contributed by atoms with Crippen molar-refractivity contribution < 1.29 is 19.5 Å². The van der Waals surface area contributed by atoms with Gasteiger partial charge in [-0.1, -0.05) is 0 Å². The topological polar surface area (TPSA) is 116 Å². The smallest absolute Gasteiger partial charge is 0.345 e. The normalized spacial score (nSPS) is 20.8. The summed E-state index contributed by atoms with van der Waals surface area (Å²) in [5.41, 5.74) is -0.860. The minimum Gasteiger partial charge on any atom is -0.481 e. The van der Waals surface area contributed by atoms with Crippen LogP contribution in [0.3, 0.4) is 0 Å². The number of nitrogens with two attached hydrogens (primary N) is 1. The quantitative estimate of drug-likeness (QED) is 0.478. The molecule has 0 saturated carbocycles. The molecule has 9 heteroatoms. The summed E-state index contributed by atoms with van der Waals surface area (Å²) in [5, 5.41) is 11.8. The Balaban J connectivity index is 2.72. The molecular weight excluding hydrogens is 248 g/mol. The zero-order valence-electron chi connectivity index (χ0n) is 9.41. The van der Waals surface area contributed by atoms with Gasteiger partial charge in [0.05, 0.1) is 5.75 Å². The Hall–Kier alpha value is -1.48. The first-order valence-corrected chi connectivity index (χ1v) is 5.90. The highest BCUT2D eigenvalue weighted by molar-refractivity contribution is 8.00. The fraction of sp³-hybridized carbons (Fsp3) is 0.625. The van der Waals surface area contributed by atoms with Gasteiger partial charge in [-0.25, -0.2) is 25.3 Å². The first-order chi connectivity index (χ1) is 7.84. The van der Waals surface area contributed by atoms with Crippen LogP contribution in [0.2, 0.25) is 0 Å². The van der Waals surface area contributed by atoms with E-state index in [1.165, 1.54) is 0 Å². The molecule has 0 aromatic carbocycles. The lowest BCUT2D eigenvalue weighted by Gasteiger charge is -2.39. The second-order valence-electron chi connectivity index (χ2n) is 3.66. The molecule has 4 N–H and O–H groups in total. The van der Waals surface area contributed by atoms with Crippen LogP contribution in [-0.4, -0.2) is 50.3 Å². The Labute approximate surface area is 102 Å². The van der Waals surface area contributed by atoms with E-state index in [9.17, 15) is 14.4 Å². The minimum atomic E-state index is -1.05. The summed E-state index contributed by atoms with van der Waals surface area (Å²) in [6, 6.07) is -1.54. The average molecular weight is 262 g/mol. The van der Waals surface area contributed by atoms with E-state index in [1.54, 1.807) is 13.8 Å². The van der Waals surface area contributed by atoms with Crippen LogP contribution in [-0.2, 0) is 4.79 Å². The van der Waals surface area contributed by atoms with Crippen LogP contribution in [0.4, 0.5) is 9.59 Å². The molecule has 0 aromatic heterocycles. The van der Waals surface area contributed by atoms with Crippen molar-refractivity contribution in [1.29, 1.82) is 0 Å². The predicted molar refractivity (Wildman–Crippen MR) is 60.8 cm³/mol. The highest BCUT2D eigenvalue weighted by atomic mass is 32.2. The number of hydrogen-bond acceptors (Lipinski definition) is 5. The molecular formula is C8H14N4O4S. The van der Waals surface area contributed by atoms with Crippen molar-refractivity contribution in [1.82, 2.24) is 15.2 Å². The summed E-state index contributed by atoms with van der Waals surface area (Å²) in [5.74, 6) is 4.21. The van der Waals surface area contributed by atoms with Gasteiger partial charge in [-0.05, 0) is 13.8 Å². The van der Waals surface area contributed by atoms with E-state index in [0.29, 0.717) is 0 Å². The van der Waals surface area contributed by atoms with Crippen LogP contribution < -0.4 is 11.2 Å². The third-order valence-electron chi connectivity index (χ3n) is 2.03. The second kappa shape index (κ2) is 5.23. The van der Waals surface area contributed by atoms with Crippen LogP contribution >= 0.6 is 11.8 Å². The van der Waals surface area contributed by atoms with Gasteiger partial charge in [-0.15, -0.1) is 11.8 Å². The van der Waals surface area contributed by atoms with Gasteiger partial charge >= 0.3 is 18.0 Å². The molecule has 0 aliphatic carbocycles. The lowest BCUT2D eigenvalue weighted by Crippen LogP contribution is -2.67. The zero-order chi connectivity index (χ0) is 13.2. The van der Waals surface area contributed by atoms with Gasteiger partial charge in [0.1, 0.15) is 0 Å². The molecule has 17 heavy (non-hydrogen) atoms. The molecule has 0 spiro atoms. The van der Waals surface area contributed by atoms with E-state index in [2.05, 4.69) is 5.32 Å². The number of carboxylic acid groups (broad SMARTS) is 1. The van der Waals surface area contributed by atoms with E-state index in [1.807, 2.05) is 0 Å². The fourth-order valence-corrected chi connectivity index (χ4v) is 2.02. The molecule has 0 bridgehead atoms. The molecule has 1 saturated heterocycles. The SMILES string of the molecule is CC(C)N1C(=O)NC(SCC(=O)O)N(N)C1=O. The van der Waals surface area contributed by atoms with Gasteiger partial charge < -0.3 is 10.4 Å². The van der Waals surface area contributed by atoms with Crippen molar-refractivity contribution in [2.75, 3.05) is 5.75 Å². The number of rotatable bonds is 4. The third-order valence-corrected chi connectivity index (χ3v) is 3.10. The Kier molecular flexibility index (Phi) is 4.18. The number of urea groups is 2. The van der Waals surface area contributed by atoms with Crippen LogP contribution in [0.25, 0.3) is 0 Å². The Morgan fingerprint density at radius 3 is 2.65 bits per heavy atom. The van der Waals surface area contributed by atoms with E-state index in [0.717, 1.165) is 21.7 Å². The number of imide groups is 1. The van der Waals surface area contributed by atoms with Crippen LogP contribution in [0.15, 0.2) is 0 Å². The molecule has 1 unspecified atom stereocenters. The molecule has 1 aliphatic rings. The number of amides is 4. The number of hydrogen-bond donors (Lipinski definition) is 3. The number of carboxylic acids is 1. The largest absolute Gasteiger partial charge is 0.481 e. The number of hydrazine groups is 1. The number of carbonyl (C=O) groups is 3. The third kappa shape index (κ3) is 3.01. The maximum absolute atomic E-state index is 11.7. The molecule has 96 valence electrons. The summed E-state index contributed by atoms with van der Waals surface area (Å²) in [4.78, 5) is 34.7. The monoisotopic (exact) mass is 262 g/mol. The standard InChI is InChI=1S/C8H14N4O4S/c1-4(2)11-6(15)10-7(12(9)8(11)16)17-3-5(13)14/h4,7H,3,9H2,1-2H3,(H,10,15)(H,13,14). The van der Waals surface area contributed by atoms with Crippen LogP contribution in [0, 0.1) is 0 Å². The Morgan fingerprint density at radius 2 is 2.18 bits per heavy atom. The van der Waals surface area contributed by atoms with Crippen LogP contribution in [0.1, 0.15) is 13.8 Å². The lowest BCUT2D eigenvalue weighted by atomic mass is 10.3. The number of carbonyl (C=O) groups excluding carboxylic acids is 2. The number of thioether (sulfide) groups is 1. The van der Waals surface area contributed by atoms with Crippen molar-refractivity contribution in [3.8, 4) is 0 Å². The molecule has 1 atom stereocenters. The van der Waals surface area contributed by atoms with Gasteiger partial charge in [-0.3, -0.25) is 4.79 Å². The molecule has 1 fully saturated rings. The highest BCUT2D eigenvalue weighted by Gasteiger charge is 2.38. The first-order valence-electron chi connectivity index (χ1n) is 4.85. The number of nitrogens with one attached hydrogen (secondary N) is 1. The molecule has 1 rings (SSSR count). The molecule has 0 aromatic rings. The molecule has 0 radical (unpaired) electrons. The van der Waals surface area contributed by atoms with Crippen molar-refractivity contribution in [3.05, 3.63) is 0 Å². The van der Waals surface area contributed by atoms with E-state index < -0.39 is 23.5 Å². The molecule has 4 amide bonds. The predicted octanol–water partition coefficient (Wildman–Crippen LogP) is -0.183. The van der Waals surface area contributed by atoms with Gasteiger partial charge in [-0.2, -0.15) is 0 Å². The van der Waals surface area contributed by atoms with E-state index in [-0.39, 0.29) is 11.8 Å². The maximum atomic E-state index is 11.7. The van der Waals surface area contributed by atoms with E-state index in [4.69, 9.17) is 10.9 Å². The molecule has 8 nitrogen and oxygen atoms in total. The van der Waals surface area contributed by atoms with Crippen molar-refractivity contribution in [2.24, 2.45) is 5.84 Å². The highest BCUT2D eigenvalue weighted by Crippen LogP contribution is 2.18. The van der Waals surface area contributed by atoms with Gasteiger partial charge in [0.15, 0.2) is 5.50 Å². The van der Waals surface area contributed by atoms with Crippen LogP contribution in [0.5, 0.6) is 0 Å². The molecule has 1 aliphatic heterocycles. The zero-order valence-corrected chi connectivity index (χ0v) is 10.2. The second-order valence-corrected chi connectivity index (χ2v) is 4.73. The van der Waals surface area contributed by atoms with Gasteiger partial charge in [0, 0.05) is 6.04 Å². The van der Waals surface area contributed by atoms with Crippen molar-refractivity contribution in [2.45, 2.75) is 25.4 Å². The summed E-state index contributed by atoms with van der Waals surface area (Å²) in [6.07, 6.45) is 0. The van der Waals surface area contributed by atoms with Crippen molar-refractivity contribution in [3.63, 3.8) is 0 Å². The summed E-state index contributed by atoms with van der Waals surface area (Å²) in [6.45, 7) is 3.35. The number of nitrogens with zero attached hydrogens (tertiary/aromatic N) is 2. The van der Waals surface area contributed by atoms with E-state index >= 15 is 0 Å². The number of aliphatic carboxylic acids is 1.